The van der Waals surface area contributed by atoms with Gasteiger partial charge in [-0.3, -0.25) is 0 Å². The van der Waals surface area contributed by atoms with Crippen molar-refractivity contribution in [2.24, 2.45) is 0 Å². The maximum absolute atomic E-state index is 6.48. The smallest absolute Gasteiger partial charge is 0.180 e. The molecule has 1 atom stereocenters. The van der Waals surface area contributed by atoms with Crippen LogP contribution in [0.5, 0.6) is 0 Å². The standard InChI is InChI=1S/C21H20O/c1-2-21(18-12-6-3-7-13-18,19-14-8-4-9-15-19)22-20-16-10-5-11-17-20/h1,3-4,6-10,12-16,20H,5,11,17H2. The van der Waals surface area contributed by atoms with Crippen LogP contribution in [0.25, 0.3) is 0 Å². The predicted octanol–water partition coefficient (Wildman–Crippen LogP) is 4.69. The van der Waals surface area contributed by atoms with Crippen molar-refractivity contribution in [1.29, 1.82) is 0 Å². The molecule has 1 aliphatic carbocycles. The molecule has 110 valence electrons. The fourth-order valence-corrected chi connectivity index (χ4v) is 2.96. The summed E-state index contributed by atoms with van der Waals surface area (Å²) in [6.45, 7) is 0. The summed E-state index contributed by atoms with van der Waals surface area (Å²) in [5.74, 6) is 2.94. The second kappa shape index (κ2) is 6.64. The quantitative estimate of drug-likeness (QED) is 0.586. The highest BCUT2D eigenvalue weighted by Gasteiger charge is 2.35. The number of benzene rings is 2. The van der Waals surface area contributed by atoms with E-state index >= 15 is 0 Å². The molecule has 0 radical (unpaired) electrons. The second-order valence-electron chi connectivity index (χ2n) is 5.57. The highest BCUT2D eigenvalue weighted by atomic mass is 16.5. The van der Waals surface area contributed by atoms with Gasteiger partial charge >= 0.3 is 0 Å². The lowest BCUT2D eigenvalue weighted by Crippen LogP contribution is -2.34. The van der Waals surface area contributed by atoms with Gasteiger partial charge in [-0.15, -0.1) is 6.42 Å². The van der Waals surface area contributed by atoms with Crippen molar-refractivity contribution in [1.82, 2.24) is 0 Å². The minimum absolute atomic E-state index is 0.0604. The molecule has 22 heavy (non-hydrogen) atoms. The normalized spacial score (nSPS) is 17.9. The van der Waals surface area contributed by atoms with Gasteiger partial charge in [0.25, 0.3) is 0 Å². The maximum atomic E-state index is 6.48. The first kappa shape index (κ1) is 14.6. The summed E-state index contributed by atoms with van der Waals surface area (Å²) < 4.78 is 6.48. The molecule has 0 spiro atoms. The summed E-state index contributed by atoms with van der Waals surface area (Å²) in [4.78, 5) is 0. The summed E-state index contributed by atoms with van der Waals surface area (Å²) in [5, 5.41) is 0. The van der Waals surface area contributed by atoms with Gasteiger partial charge in [0.1, 0.15) is 0 Å². The van der Waals surface area contributed by atoms with Gasteiger partial charge in [0.05, 0.1) is 6.10 Å². The molecule has 0 amide bonds. The summed E-state index contributed by atoms with van der Waals surface area (Å²) in [5.41, 5.74) is 1.17. The van der Waals surface area contributed by atoms with Gasteiger partial charge in [-0.2, -0.15) is 0 Å². The van der Waals surface area contributed by atoms with E-state index in [4.69, 9.17) is 11.2 Å². The van der Waals surface area contributed by atoms with Gasteiger partial charge in [-0.05, 0) is 19.3 Å². The average molecular weight is 288 g/mol. The van der Waals surface area contributed by atoms with Crippen molar-refractivity contribution in [2.45, 2.75) is 31.0 Å². The Kier molecular flexibility index (Phi) is 4.42. The highest BCUT2D eigenvalue weighted by molar-refractivity contribution is 5.44. The zero-order valence-corrected chi connectivity index (χ0v) is 12.6. The Labute approximate surface area is 132 Å². The molecule has 0 aromatic heterocycles. The summed E-state index contributed by atoms with van der Waals surface area (Å²) >= 11 is 0. The third kappa shape index (κ3) is 2.84. The highest BCUT2D eigenvalue weighted by Crippen LogP contribution is 2.36. The van der Waals surface area contributed by atoms with Gasteiger partial charge in [0, 0.05) is 11.1 Å². The lowest BCUT2D eigenvalue weighted by atomic mass is 9.86. The fraction of sp³-hybridized carbons (Fsp3) is 0.238. The molecule has 0 saturated heterocycles. The van der Waals surface area contributed by atoms with E-state index in [1.165, 1.54) is 0 Å². The molecule has 0 saturated carbocycles. The molecule has 1 unspecified atom stereocenters. The van der Waals surface area contributed by atoms with Crippen LogP contribution in [0.2, 0.25) is 0 Å². The van der Waals surface area contributed by atoms with E-state index in [-0.39, 0.29) is 6.10 Å². The number of ether oxygens (including phenoxy) is 1. The molecule has 1 heteroatoms. The molecule has 2 aromatic carbocycles. The molecule has 2 aromatic rings. The minimum atomic E-state index is -0.838. The zero-order chi connectivity index (χ0) is 15.3. The van der Waals surface area contributed by atoms with Crippen molar-refractivity contribution in [2.75, 3.05) is 0 Å². The summed E-state index contributed by atoms with van der Waals surface area (Å²) in [6, 6.07) is 20.2. The number of hydrogen-bond acceptors (Lipinski definition) is 1. The number of allylic oxidation sites excluding steroid dienone is 1. The van der Waals surface area contributed by atoms with Crippen LogP contribution in [0.1, 0.15) is 30.4 Å². The number of rotatable bonds is 4. The van der Waals surface area contributed by atoms with E-state index in [0.717, 1.165) is 30.4 Å². The Morgan fingerprint density at radius 3 is 2.00 bits per heavy atom. The van der Waals surface area contributed by atoms with Crippen molar-refractivity contribution in [3.05, 3.63) is 83.9 Å². The van der Waals surface area contributed by atoms with Crippen LogP contribution >= 0.6 is 0 Å². The molecule has 1 aliphatic rings. The number of terminal acetylenes is 1. The molecule has 0 N–H and O–H groups in total. The van der Waals surface area contributed by atoms with Crippen LogP contribution in [-0.2, 0) is 10.3 Å². The molecule has 0 fully saturated rings. The molecular weight excluding hydrogens is 268 g/mol. The van der Waals surface area contributed by atoms with Crippen molar-refractivity contribution >= 4 is 0 Å². The van der Waals surface area contributed by atoms with E-state index in [9.17, 15) is 0 Å². The van der Waals surface area contributed by atoms with E-state index in [2.05, 4.69) is 18.1 Å². The van der Waals surface area contributed by atoms with E-state index in [0.29, 0.717) is 0 Å². The van der Waals surface area contributed by atoms with Crippen molar-refractivity contribution in [3.63, 3.8) is 0 Å². The molecular formula is C21H20O. The fourth-order valence-electron chi connectivity index (χ4n) is 2.96. The molecule has 0 aliphatic heterocycles. The lowest BCUT2D eigenvalue weighted by Gasteiger charge is -2.34. The molecule has 1 nitrogen and oxygen atoms in total. The van der Waals surface area contributed by atoms with Crippen molar-refractivity contribution in [3.8, 4) is 12.3 Å². The summed E-state index contributed by atoms with van der Waals surface area (Å²) in [6.07, 6.45) is 13.7. The maximum Gasteiger partial charge on any atom is 0.180 e. The van der Waals surface area contributed by atoms with Crippen LogP contribution in [0, 0.1) is 12.3 Å². The van der Waals surface area contributed by atoms with Gasteiger partial charge in [0.15, 0.2) is 5.60 Å². The topological polar surface area (TPSA) is 9.23 Å². The Balaban J connectivity index is 2.07. The Morgan fingerprint density at radius 1 is 0.955 bits per heavy atom. The monoisotopic (exact) mass is 288 g/mol. The first-order valence-electron chi connectivity index (χ1n) is 7.78. The van der Waals surface area contributed by atoms with Gasteiger partial charge in [-0.25, -0.2) is 0 Å². The largest absolute Gasteiger partial charge is 0.347 e. The summed E-state index contributed by atoms with van der Waals surface area (Å²) in [7, 11) is 0. The average Bonchev–Trinajstić information content (AvgIpc) is 2.62. The third-order valence-electron chi connectivity index (χ3n) is 4.10. The number of hydrogen-bond donors (Lipinski definition) is 0. The predicted molar refractivity (Wildman–Crippen MR) is 90.4 cm³/mol. The minimum Gasteiger partial charge on any atom is -0.347 e. The van der Waals surface area contributed by atoms with Gasteiger partial charge < -0.3 is 4.74 Å². The molecule has 3 rings (SSSR count). The SMILES string of the molecule is C#CC(OC1C=CCCC1)(c1ccccc1)c1ccccc1. The third-order valence-corrected chi connectivity index (χ3v) is 4.10. The van der Waals surface area contributed by atoms with Gasteiger partial charge in [0.2, 0.25) is 0 Å². The first-order valence-corrected chi connectivity index (χ1v) is 7.78. The zero-order valence-electron chi connectivity index (χ0n) is 12.6. The Hall–Kier alpha value is -2.30. The van der Waals surface area contributed by atoms with Crippen molar-refractivity contribution < 1.29 is 4.74 Å². The van der Waals surface area contributed by atoms with Crippen LogP contribution < -0.4 is 0 Å². The Bertz CT molecular complexity index is 625. The van der Waals surface area contributed by atoms with E-state index in [1.807, 2.05) is 60.7 Å². The van der Waals surface area contributed by atoms with Crippen LogP contribution in [-0.4, -0.2) is 6.10 Å². The molecule has 0 bridgehead atoms. The van der Waals surface area contributed by atoms with E-state index < -0.39 is 5.60 Å². The van der Waals surface area contributed by atoms with Gasteiger partial charge in [-0.1, -0.05) is 78.7 Å². The molecule has 0 heterocycles. The van der Waals surface area contributed by atoms with Crippen LogP contribution in [0.3, 0.4) is 0 Å². The second-order valence-corrected chi connectivity index (χ2v) is 5.57. The van der Waals surface area contributed by atoms with E-state index in [1.54, 1.807) is 0 Å². The van der Waals surface area contributed by atoms with Crippen LogP contribution in [0.15, 0.2) is 72.8 Å². The first-order chi connectivity index (χ1) is 10.8. The van der Waals surface area contributed by atoms with Crippen LogP contribution in [0.4, 0.5) is 0 Å². The lowest BCUT2D eigenvalue weighted by molar-refractivity contribution is -0.0184. The Morgan fingerprint density at radius 2 is 1.55 bits per heavy atom.